The van der Waals surface area contributed by atoms with Gasteiger partial charge >= 0.3 is 0 Å². The number of fused-ring (bicyclic) bond motifs is 1. The van der Waals surface area contributed by atoms with Crippen LogP contribution < -0.4 is 10.1 Å². The van der Waals surface area contributed by atoms with E-state index in [-0.39, 0.29) is 5.91 Å². The number of benzene rings is 1. The highest BCUT2D eigenvalue weighted by Gasteiger charge is 2.42. The molecule has 28 heavy (non-hydrogen) atoms. The van der Waals surface area contributed by atoms with Crippen molar-refractivity contribution in [2.75, 3.05) is 18.4 Å². The van der Waals surface area contributed by atoms with Crippen LogP contribution in [0.4, 0.5) is 5.69 Å². The maximum Gasteiger partial charge on any atom is 0.255 e. The number of carbonyl (C=O) groups is 1. The Morgan fingerprint density at radius 1 is 1.14 bits per heavy atom. The minimum atomic E-state index is -0.491. The summed E-state index contributed by atoms with van der Waals surface area (Å²) in [5, 5.41) is 2.93. The minimum absolute atomic E-state index is 0.153. The molecule has 0 bridgehead atoms. The summed E-state index contributed by atoms with van der Waals surface area (Å²) >= 11 is 0. The van der Waals surface area contributed by atoms with Crippen molar-refractivity contribution in [2.45, 2.75) is 50.5 Å². The van der Waals surface area contributed by atoms with Gasteiger partial charge in [0.05, 0.1) is 6.61 Å². The van der Waals surface area contributed by atoms with Crippen LogP contribution in [0.3, 0.4) is 0 Å². The Labute approximate surface area is 164 Å². The molecule has 6 heteroatoms. The van der Waals surface area contributed by atoms with Gasteiger partial charge in [0.25, 0.3) is 5.91 Å². The molecule has 0 radical (unpaired) electrons. The number of carbonyl (C=O) groups excluding carboxylic acids is 1. The summed E-state index contributed by atoms with van der Waals surface area (Å²) < 4.78 is 12.5. The van der Waals surface area contributed by atoms with Crippen LogP contribution in [0.25, 0.3) is 0 Å². The number of nitrogens with zero attached hydrogens (tertiary/aromatic N) is 2. The second-order valence-electron chi connectivity index (χ2n) is 7.93. The van der Waals surface area contributed by atoms with E-state index in [2.05, 4.69) is 15.2 Å². The maximum atomic E-state index is 12.3. The van der Waals surface area contributed by atoms with E-state index in [1.54, 1.807) is 24.5 Å². The lowest BCUT2D eigenvalue weighted by Gasteiger charge is -2.47. The number of likely N-dealkylation sites (tertiary alicyclic amines) is 1. The minimum Gasteiger partial charge on any atom is -0.462 e. The molecule has 1 aromatic carbocycles. The number of piperidine rings is 1. The van der Waals surface area contributed by atoms with Gasteiger partial charge < -0.3 is 14.8 Å². The SMILES string of the molecule is O=C(Nc1ccc2c(c1)COC1(CCN(C3CCC3)CC1)O2)c1ccncc1. The Balaban J connectivity index is 1.24. The van der Waals surface area contributed by atoms with E-state index in [0.717, 1.165) is 49.0 Å². The predicted molar refractivity (Wildman–Crippen MR) is 105 cm³/mol. The van der Waals surface area contributed by atoms with E-state index < -0.39 is 5.79 Å². The maximum absolute atomic E-state index is 12.3. The van der Waals surface area contributed by atoms with Gasteiger partial charge in [0.15, 0.2) is 0 Å². The van der Waals surface area contributed by atoms with Crippen LogP contribution in [0.1, 0.15) is 48.0 Å². The van der Waals surface area contributed by atoms with Crippen molar-refractivity contribution in [3.63, 3.8) is 0 Å². The standard InChI is InChI=1S/C22H25N3O3/c26-21(16-6-10-23-11-7-16)24-18-4-5-20-17(14-18)15-27-22(28-20)8-12-25(13-9-22)19-2-1-3-19/h4-7,10-11,14,19H,1-3,8-9,12-13,15H2,(H,24,26). The summed E-state index contributed by atoms with van der Waals surface area (Å²) in [7, 11) is 0. The van der Waals surface area contributed by atoms with Crippen molar-refractivity contribution in [2.24, 2.45) is 0 Å². The number of rotatable bonds is 3. The number of aromatic nitrogens is 1. The molecule has 5 rings (SSSR count). The molecule has 3 heterocycles. The quantitative estimate of drug-likeness (QED) is 0.883. The molecule has 1 spiro atoms. The second kappa shape index (κ2) is 7.18. The Bertz CT molecular complexity index is 859. The average Bonchev–Trinajstić information content (AvgIpc) is 2.69. The molecule has 2 aromatic rings. The molecule has 2 aliphatic heterocycles. The smallest absolute Gasteiger partial charge is 0.255 e. The zero-order valence-corrected chi connectivity index (χ0v) is 15.9. The lowest BCUT2D eigenvalue weighted by molar-refractivity contribution is -0.231. The first kappa shape index (κ1) is 17.6. The molecule has 146 valence electrons. The Morgan fingerprint density at radius 2 is 1.93 bits per heavy atom. The fourth-order valence-electron chi connectivity index (χ4n) is 4.24. The van der Waals surface area contributed by atoms with Crippen LogP contribution in [0.15, 0.2) is 42.7 Å². The Kier molecular flexibility index (Phi) is 4.53. The van der Waals surface area contributed by atoms with E-state index in [1.165, 1.54) is 19.3 Å². The van der Waals surface area contributed by atoms with E-state index >= 15 is 0 Å². The van der Waals surface area contributed by atoms with Crippen molar-refractivity contribution >= 4 is 11.6 Å². The lowest BCUT2D eigenvalue weighted by Crippen LogP contribution is -2.54. The molecule has 0 atom stereocenters. The fraction of sp³-hybridized carbons (Fsp3) is 0.455. The van der Waals surface area contributed by atoms with E-state index in [4.69, 9.17) is 9.47 Å². The molecular weight excluding hydrogens is 354 g/mol. The molecule has 1 aromatic heterocycles. The van der Waals surface area contributed by atoms with Crippen molar-refractivity contribution in [1.82, 2.24) is 9.88 Å². The third-order valence-corrected chi connectivity index (χ3v) is 6.20. The van der Waals surface area contributed by atoms with Crippen molar-refractivity contribution in [3.05, 3.63) is 53.9 Å². The van der Waals surface area contributed by atoms with Crippen LogP contribution in [0.2, 0.25) is 0 Å². The van der Waals surface area contributed by atoms with Crippen LogP contribution in [0, 0.1) is 0 Å². The highest BCUT2D eigenvalue weighted by molar-refractivity contribution is 6.04. The molecule has 1 saturated carbocycles. The monoisotopic (exact) mass is 379 g/mol. The molecule has 1 saturated heterocycles. The van der Waals surface area contributed by atoms with Crippen LogP contribution >= 0.6 is 0 Å². The number of pyridine rings is 1. The first-order valence-electron chi connectivity index (χ1n) is 10.1. The third kappa shape index (κ3) is 3.38. The number of ether oxygens (including phenoxy) is 2. The topological polar surface area (TPSA) is 63.7 Å². The number of anilines is 1. The van der Waals surface area contributed by atoms with Crippen molar-refractivity contribution < 1.29 is 14.3 Å². The number of hydrogen-bond donors (Lipinski definition) is 1. The highest BCUT2D eigenvalue weighted by Crippen LogP contribution is 2.40. The predicted octanol–water partition coefficient (Wildman–Crippen LogP) is 3.59. The fourth-order valence-corrected chi connectivity index (χ4v) is 4.24. The van der Waals surface area contributed by atoms with Crippen molar-refractivity contribution in [3.8, 4) is 5.75 Å². The molecule has 0 unspecified atom stereocenters. The molecule has 6 nitrogen and oxygen atoms in total. The molecule has 2 fully saturated rings. The molecule has 1 N–H and O–H groups in total. The van der Waals surface area contributed by atoms with Crippen molar-refractivity contribution in [1.29, 1.82) is 0 Å². The number of amides is 1. The third-order valence-electron chi connectivity index (χ3n) is 6.20. The highest BCUT2D eigenvalue weighted by atomic mass is 16.7. The summed E-state index contributed by atoms with van der Waals surface area (Å²) in [5.74, 6) is 0.222. The Hall–Kier alpha value is -2.44. The number of nitrogens with one attached hydrogen (secondary N) is 1. The summed E-state index contributed by atoms with van der Waals surface area (Å²) in [4.78, 5) is 18.9. The van der Waals surface area contributed by atoms with Gasteiger partial charge in [-0.25, -0.2) is 0 Å². The van der Waals surface area contributed by atoms with Gasteiger partial charge in [-0.15, -0.1) is 0 Å². The van der Waals surface area contributed by atoms with Gasteiger partial charge in [0, 0.05) is 61.2 Å². The summed E-state index contributed by atoms with van der Waals surface area (Å²) in [6.07, 6.45) is 9.08. The second-order valence-corrected chi connectivity index (χ2v) is 7.93. The van der Waals surface area contributed by atoms with Gasteiger partial charge in [0.2, 0.25) is 5.79 Å². The molecule has 3 aliphatic rings. The van der Waals surface area contributed by atoms with Gasteiger partial charge in [-0.05, 0) is 43.2 Å². The van der Waals surface area contributed by atoms with Crippen LogP contribution in [0.5, 0.6) is 5.75 Å². The average molecular weight is 379 g/mol. The lowest BCUT2D eigenvalue weighted by atomic mass is 9.89. The van der Waals surface area contributed by atoms with Crippen LogP contribution in [-0.2, 0) is 11.3 Å². The molecule has 1 aliphatic carbocycles. The largest absolute Gasteiger partial charge is 0.462 e. The zero-order valence-electron chi connectivity index (χ0n) is 15.9. The molecule has 1 amide bonds. The first-order chi connectivity index (χ1) is 13.7. The number of hydrogen-bond acceptors (Lipinski definition) is 5. The van der Waals surface area contributed by atoms with E-state index in [0.29, 0.717) is 12.2 Å². The zero-order chi connectivity index (χ0) is 19.0. The summed E-state index contributed by atoms with van der Waals surface area (Å²) in [6.45, 7) is 2.60. The summed E-state index contributed by atoms with van der Waals surface area (Å²) in [6, 6.07) is 9.93. The van der Waals surface area contributed by atoms with Gasteiger partial charge in [-0.3, -0.25) is 14.7 Å². The van der Waals surface area contributed by atoms with Gasteiger partial charge in [-0.2, -0.15) is 0 Å². The van der Waals surface area contributed by atoms with Crippen LogP contribution in [-0.4, -0.2) is 40.7 Å². The first-order valence-corrected chi connectivity index (χ1v) is 10.1. The molecular formula is C22H25N3O3. The van der Waals surface area contributed by atoms with Gasteiger partial charge in [-0.1, -0.05) is 6.42 Å². The Morgan fingerprint density at radius 3 is 2.64 bits per heavy atom. The summed E-state index contributed by atoms with van der Waals surface area (Å²) in [5.41, 5.74) is 2.29. The van der Waals surface area contributed by atoms with Gasteiger partial charge in [0.1, 0.15) is 5.75 Å². The normalized spacial score (nSPS) is 21.4. The van der Waals surface area contributed by atoms with E-state index in [1.807, 2.05) is 18.2 Å². The van der Waals surface area contributed by atoms with E-state index in [9.17, 15) is 4.79 Å².